The van der Waals surface area contributed by atoms with Gasteiger partial charge >= 0.3 is 5.97 Å². The minimum atomic E-state index is -0.0855. The summed E-state index contributed by atoms with van der Waals surface area (Å²) in [6, 6.07) is 0. The predicted molar refractivity (Wildman–Crippen MR) is 63.7 cm³/mol. The minimum Gasteiger partial charge on any atom is -0.466 e. The average molecular weight is 212 g/mol. The second-order valence-electron chi connectivity index (χ2n) is 4.35. The van der Waals surface area contributed by atoms with Crippen LogP contribution < -0.4 is 0 Å². The Morgan fingerprint density at radius 3 is 2.40 bits per heavy atom. The molecule has 15 heavy (non-hydrogen) atoms. The van der Waals surface area contributed by atoms with Gasteiger partial charge in [-0.05, 0) is 38.5 Å². The van der Waals surface area contributed by atoms with Gasteiger partial charge < -0.3 is 4.74 Å². The van der Waals surface area contributed by atoms with Crippen molar-refractivity contribution in [2.45, 2.75) is 53.4 Å². The molecular formula is C13H24O2. The van der Waals surface area contributed by atoms with Gasteiger partial charge in [-0.1, -0.05) is 26.0 Å². The summed E-state index contributed by atoms with van der Waals surface area (Å²) in [4.78, 5) is 11.1. The van der Waals surface area contributed by atoms with Gasteiger partial charge in [0.1, 0.15) is 0 Å². The van der Waals surface area contributed by atoms with Gasteiger partial charge in [-0.25, -0.2) is 0 Å². The van der Waals surface area contributed by atoms with E-state index in [1.165, 1.54) is 5.57 Å². The van der Waals surface area contributed by atoms with Crippen molar-refractivity contribution in [3.8, 4) is 0 Å². The summed E-state index contributed by atoms with van der Waals surface area (Å²) in [6.45, 7) is 12.8. The topological polar surface area (TPSA) is 26.3 Å². The molecule has 0 heterocycles. The van der Waals surface area contributed by atoms with Crippen LogP contribution in [0.25, 0.3) is 0 Å². The summed E-state index contributed by atoms with van der Waals surface area (Å²) in [6.07, 6.45) is 3.50. The first kappa shape index (κ1) is 14.2. The van der Waals surface area contributed by atoms with Crippen molar-refractivity contribution in [3.63, 3.8) is 0 Å². The summed E-state index contributed by atoms with van der Waals surface area (Å²) in [5.74, 6) is -0.0855. The highest BCUT2D eigenvalue weighted by Gasteiger charge is 2.22. The summed E-state index contributed by atoms with van der Waals surface area (Å²) in [7, 11) is 0. The lowest BCUT2D eigenvalue weighted by Gasteiger charge is -2.28. The van der Waals surface area contributed by atoms with Crippen molar-refractivity contribution in [2.24, 2.45) is 5.41 Å². The molecule has 0 aromatic rings. The highest BCUT2D eigenvalue weighted by molar-refractivity contribution is 5.69. The highest BCUT2D eigenvalue weighted by Crippen LogP contribution is 2.34. The third-order valence-corrected chi connectivity index (χ3v) is 3.23. The lowest BCUT2D eigenvalue weighted by atomic mass is 9.77. The Hall–Kier alpha value is -0.790. The van der Waals surface area contributed by atoms with Gasteiger partial charge in [-0.3, -0.25) is 4.79 Å². The molecule has 2 heteroatoms. The smallest absolute Gasteiger partial charge is 0.305 e. The number of carbonyl (C=O) groups is 1. The van der Waals surface area contributed by atoms with E-state index in [-0.39, 0.29) is 11.4 Å². The quantitative estimate of drug-likeness (QED) is 0.475. The second kappa shape index (κ2) is 6.65. The standard InChI is InChI=1S/C13H24O2/c1-6-13(5,11(3)4)10-8-9-12(14)15-7-2/h3,6-10H2,1-2,4-5H3. The Balaban J connectivity index is 3.92. The predicted octanol–water partition coefficient (Wildman–Crippen LogP) is 3.71. The maximum absolute atomic E-state index is 11.1. The van der Waals surface area contributed by atoms with E-state index in [9.17, 15) is 4.79 Å². The van der Waals surface area contributed by atoms with Crippen LogP contribution in [0.4, 0.5) is 0 Å². The molecule has 0 N–H and O–H groups in total. The van der Waals surface area contributed by atoms with Crippen LogP contribution in [0.3, 0.4) is 0 Å². The molecule has 0 spiro atoms. The Morgan fingerprint density at radius 1 is 1.40 bits per heavy atom. The molecule has 0 fully saturated rings. The van der Waals surface area contributed by atoms with Crippen molar-refractivity contribution >= 4 is 5.97 Å². The first-order chi connectivity index (χ1) is 6.96. The van der Waals surface area contributed by atoms with E-state index in [4.69, 9.17) is 4.74 Å². The maximum atomic E-state index is 11.1. The third kappa shape index (κ3) is 5.01. The van der Waals surface area contributed by atoms with E-state index in [0.29, 0.717) is 13.0 Å². The molecule has 0 aliphatic rings. The number of carbonyl (C=O) groups excluding carboxylic acids is 1. The molecule has 2 nitrogen and oxygen atoms in total. The summed E-state index contributed by atoms with van der Waals surface area (Å²) < 4.78 is 4.89. The number of hydrogen-bond donors (Lipinski definition) is 0. The van der Waals surface area contributed by atoms with E-state index >= 15 is 0 Å². The van der Waals surface area contributed by atoms with Crippen LogP contribution in [0.1, 0.15) is 53.4 Å². The van der Waals surface area contributed by atoms with Crippen LogP contribution >= 0.6 is 0 Å². The van der Waals surface area contributed by atoms with Gasteiger partial charge in [-0.2, -0.15) is 0 Å². The van der Waals surface area contributed by atoms with Crippen LogP contribution in [0.2, 0.25) is 0 Å². The Labute approximate surface area is 93.7 Å². The zero-order chi connectivity index (χ0) is 11.9. The van der Waals surface area contributed by atoms with E-state index in [1.807, 2.05) is 6.92 Å². The first-order valence-corrected chi connectivity index (χ1v) is 5.78. The molecule has 0 radical (unpaired) electrons. The van der Waals surface area contributed by atoms with Crippen LogP contribution in [0.15, 0.2) is 12.2 Å². The molecule has 0 amide bonds. The zero-order valence-corrected chi connectivity index (χ0v) is 10.6. The average Bonchev–Trinajstić information content (AvgIpc) is 2.17. The van der Waals surface area contributed by atoms with Crippen LogP contribution in [0.5, 0.6) is 0 Å². The Morgan fingerprint density at radius 2 is 2.00 bits per heavy atom. The van der Waals surface area contributed by atoms with Gasteiger partial charge in [0.05, 0.1) is 6.61 Å². The fourth-order valence-corrected chi connectivity index (χ4v) is 1.55. The molecule has 0 saturated carbocycles. The molecule has 0 rings (SSSR count). The number of ether oxygens (including phenoxy) is 1. The van der Waals surface area contributed by atoms with Gasteiger partial charge in [0.15, 0.2) is 0 Å². The third-order valence-electron chi connectivity index (χ3n) is 3.23. The summed E-state index contributed by atoms with van der Waals surface area (Å²) in [5, 5.41) is 0. The molecule has 1 atom stereocenters. The van der Waals surface area contributed by atoms with Gasteiger partial charge in [-0.15, -0.1) is 0 Å². The fraction of sp³-hybridized carbons (Fsp3) is 0.769. The van der Waals surface area contributed by atoms with Crippen LogP contribution in [-0.4, -0.2) is 12.6 Å². The molecule has 0 bridgehead atoms. The van der Waals surface area contributed by atoms with Crippen molar-refractivity contribution in [2.75, 3.05) is 6.61 Å². The van der Waals surface area contributed by atoms with E-state index in [0.717, 1.165) is 19.3 Å². The van der Waals surface area contributed by atoms with Gasteiger partial charge in [0, 0.05) is 6.42 Å². The first-order valence-electron chi connectivity index (χ1n) is 5.78. The van der Waals surface area contributed by atoms with E-state index in [1.54, 1.807) is 0 Å². The van der Waals surface area contributed by atoms with Crippen LogP contribution in [0, 0.1) is 5.41 Å². The number of rotatable bonds is 7. The Kier molecular flexibility index (Phi) is 6.30. The summed E-state index contributed by atoms with van der Waals surface area (Å²) >= 11 is 0. The van der Waals surface area contributed by atoms with Crippen LogP contribution in [-0.2, 0) is 9.53 Å². The molecular weight excluding hydrogens is 188 g/mol. The van der Waals surface area contributed by atoms with Crippen molar-refractivity contribution < 1.29 is 9.53 Å². The molecule has 0 aliphatic heterocycles. The largest absolute Gasteiger partial charge is 0.466 e. The number of allylic oxidation sites excluding steroid dienone is 1. The SMILES string of the molecule is C=C(C)C(C)(CC)CCCC(=O)OCC. The molecule has 0 saturated heterocycles. The van der Waals surface area contributed by atoms with Crippen molar-refractivity contribution in [1.82, 2.24) is 0 Å². The molecule has 0 aromatic heterocycles. The van der Waals surface area contributed by atoms with Gasteiger partial charge in [0.25, 0.3) is 0 Å². The lowest BCUT2D eigenvalue weighted by Crippen LogP contribution is -2.17. The second-order valence-corrected chi connectivity index (χ2v) is 4.35. The molecule has 1 unspecified atom stereocenters. The summed E-state index contributed by atoms with van der Waals surface area (Å²) in [5.41, 5.74) is 1.38. The van der Waals surface area contributed by atoms with Crippen molar-refractivity contribution in [3.05, 3.63) is 12.2 Å². The number of hydrogen-bond acceptors (Lipinski definition) is 2. The molecule has 0 aliphatic carbocycles. The highest BCUT2D eigenvalue weighted by atomic mass is 16.5. The normalized spacial score (nSPS) is 14.4. The van der Waals surface area contributed by atoms with E-state index < -0.39 is 0 Å². The lowest BCUT2D eigenvalue weighted by molar-refractivity contribution is -0.143. The minimum absolute atomic E-state index is 0.0855. The Bertz CT molecular complexity index is 221. The van der Waals surface area contributed by atoms with Gasteiger partial charge in [0.2, 0.25) is 0 Å². The molecule has 0 aromatic carbocycles. The molecule has 88 valence electrons. The monoisotopic (exact) mass is 212 g/mol. The maximum Gasteiger partial charge on any atom is 0.305 e. The van der Waals surface area contributed by atoms with Crippen molar-refractivity contribution in [1.29, 1.82) is 0 Å². The zero-order valence-electron chi connectivity index (χ0n) is 10.6. The number of esters is 1. The van der Waals surface area contributed by atoms with E-state index in [2.05, 4.69) is 27.4 Å². The fourth-order valence-electron chi connectivity index (χ4n) is 1.55.